The minimum atomic E-state index is -1.09. The van der Waals surface area contributed by atoms with Crippen molar-refractivity contribution < 1.29 is 14.3 Å². The van der Waals surface area contributed by atoms with Gasteiger partial charge in [0.1, 0.15) is 11.5 Å². The normalized spacial score (nSPS) is 22.7. The van der Waals surface area contributed by atoms with Crippen molar-refractivity contribution in [3.63, 3.8) is 0 Å². The summed E-state index contributed by atoms with van der Waals surface area (Å²) < 4.78 is 5.85. The van der Waals surface area contributed by atoms with Crippen molar-refractivity contribution in [1.29, 1.82) is 0 Å². The zero-order valence-corrected chi connectivity index (χ0v) is 16.5. The first-order valence-corrected chi connectivity index (χ1v) is 10.2. The fourth-order valence-electron chi connectivity index (χ4n) is 3.85. The molecule has 2 aliphatic rings. The molecule has 2 atom stereocenters. The Hall–Kier alpha value is -3.25. The van der Waals surface area contributed by atoms with Gasteiger partial charge in [0, 0.05) is 16.9 Å². The van der Waals surface area contributed by atoms with Gasteiger partial charge in [-0.2, -0.15) is 0 Å². The molecule has 0 aliphatic carbocycles. The summed E-state index contributed by atoms with van der Waals surface area (Å²) in [5.41, 5.74) is 2.23. The van der Waals surface area contributed by atoms with Gasteiger partial charge in [-0.15, -0.1) is 11.8 Å². The Balaban J connectivity index is 1.54. The Morgan fingerprint density at radius 1 is 0.897 bits per heavy atom. The van der Waals surface area contributed by atoms with Gasteiger partial charge in [0.2, 0.25) is 10.8 Å². The van der Waals surface area contributed by atoms with Gasteiger partial charge in [-0.05, 0) is 49.4 Å². The summed E-state index contributed by atoms with van der Waals surface area (Å²) in [6.45, 7) is 1.84. The van der Waals surface area contributed by atoms with E-state index in [2.05, 4.69) is 5.32 Å². The quantitative estimate of drug-likeness (QED) is 0.687. The van der Waals surface area contributed by atoms with Gasteiger partial charge in [0.25, 0.3) is 5.91 Å². The van der Waals surface area contributed by atoms with Crippen LogP contribution < -0.4 is 15.0 Å². The van der Waals surface area contributed by atoms with Crippen LogP contribution in [0.4, 0.5) is 11.4 Å². The Morgan fingerprint density at radius 2 is 1.55 bits per heavy atom. The predicted octanol–water partition coefficient (Wildman–Crippen LogP) is 4.75. The van der Waals surface area contributed by atoms with Crippen LogP contribution in [0.25, 0.3) is 0 Å². The summed E-state index contributed by atoms with van der Waals surface area (Å²) in [6.07, 6.45) is 0. The number of benzene rings is 3. The van der Waals surface area contributed by atoms with Gasteiger partial charge in [-0.1, -0.05) is 36.4 Å². The fourth-order valence-corrected chi connectivity index (χ4v) is 5.33. The number of para-hydroxylation sites is 2. The Bertz CT molecular complexity index is 1100. The number of rotatable bonds is 3. The fraction of sp³-hybridized carbons (Fsp3) is 0.130. The number of hydrogen-bond donors (Lipinski definition) is 1. The SMILES string of the molecule is C[C@@H]1S[C@@]2(C(=O)Nc3ccccc32)N(c2ccc(Oc3ccccc3)cc2)C1=O. The second kappa shape index (κ2) is 6.67. The first-order valence-electron chi connectivity index (χ1n) is 9.35. The van der Waals surface area contributed by atoms with E-state index in [1.165, 1.54) is 11.8 Å². The lowest BCUT2D eigenvalue weighted by atomic mass is 10.0. The topological polar surface area (TPSA) is 58.6 Å². The van der Waals surface area contributed by atoms with Crippen molar-refractivity contribution >= 4 is 35.0 Å². The van der Waals surface area contributed by atoms with E-state index < -0.39 is 4.87 Å². The largest absolute Gasteiger partial charge is 0.457 e. The number of fused-ring (bicyclic) bond motifs is 2. The van der Waals surface area contributed by atoms with Crippen LogP contribution in [0.15, 0.2) is 78.9 Å². The van der Waals surface area contributed by atoms with Crippen molar-refractivity contribution in [3.05, 3.63) is 84.4 Å². The number of nitrogens with one attached hydrogen (secondary N) is 1. The Labute approximate surface area is 172 Å². The summed E-state index contributed by atoms with van der Waals surface area (Å²) in [5, 5.41) is 2.61. The first kappa shape index (κ1) is 17.8. The third-order valence-corrected chi connectivity index (χ3v) is 6.64. The number of ether oxygens (including phenoxy) is 1. The highest BCUT2D eigenvalue weighted by Gasteiger charge is 2.60. The van der Waals surface area contributed by atoms with Crippen molar-refractivity contribution in [3.8, 4) is 11.5 Å². The monoisotopic (exact) mass is 402 g/mol. The van der Waals surface area contributed by atoms with Crippen LogP contribution in [-0.2, 0) is 14.5 Å². The van der Waals surface area contributed by atoms with E-state index in [4.69, 9.17) is 4.74 Å². The van der Waals surface area contributed by atoms with Crippen LogP contribution >= 0.6 is 11.8 Å². The van der Waals surface area contributed by atoms with E-state index in [0.29, 0.717) is 11.4 Å². The minimum absolute atomic E-state index is 0.0846. The van der Waals surface area contributed by atoms with E-state index in [-0.39, 0.29) is 17.1 Å². The molecule has 2 aliphatic heterocycles. The van der Waals surface area contributed by atoms with E-state index in [1.807, 2.05) is 85.8 Å². The molecular weight excluding hydrogens is 384 g/mol. The summed E-state index contributed by atoms with van der Waals surface area (Å²) in [6, 6.07) is 24.3. The molecule has 29 heavy (non-hydrogen) atoms. The zero-order valence-electron chi connectivity index (χ0n) is 15.7. The molecule has 6 heteroatoms. The third-order valence-electron chi connectivity index (χ3n) is 5.15. The number of thioether (sulfide) groups is 1. The second-order valence-electron chi connectivity index (χ2n) is 6.99. The molecule has 0 bridgehead atoms. The van der Waals surface area contributed by atoms with E-state index in [1.54, 1.807) is 4.90 Å². The lowest BCUT2D eigenvalue weighted by molar-refractivity contribution is -0.122. The van der Waals surface area contributed by atoms with Gasteiger partial charge in [-0.3, -0.25) is 14.5 Å². The highest BCUT2D eigenvalue weighted by molar-refractivity contribution is 8.03. The molecule has 5 nitrogen and oxygen atoms in total. The number of hydrogen-bond acceptors (Lipinski definition) is 4. The van der Waals surface area contributed by atoms with Gasteiger partial charge >= 0.3 is 0 Å². The number of anilines is 2. The highest BCUT2D eigenvalue weighted by atomic mass is 32.2. The van der Waals surface area contributed by atoms with Crippen LogP contribution in [0.3, 0.4) is 0 Å². The molecule has 2 heterocycles. The number of carbonyl (C=O) groups excluding carboxylic acids is 2. The smallest absolute Gasteiger partial charge is 0.266 e. The maximum Gasteiger partial charge on any atom is 0.266 e. The highest BCUT2D eigenvalue weighted by Crippen LogP contribution is 2.56. The number of amides is 2. The van der Waals surface area contributed by atoms with Crippen LogP contribution in [0, 0.1) is 0 Å². The molecule has 0 saturated carbocycles. The predicted molar refractivity (Wildman–Crippen MR) is 114 cm³/mol. The number of nitrogens with zero attached hydrogens (tertiary/aromatic N) is 1. The maximum atomic E-state index is 13.1. The standard InChI is InChI=1S/C23H18N2O3S/c1-15-21(26)25(23(29-15)19-9-5-6-10-20(19)24-22(23)27)16-11-13-18(14-12-16)28-17-7-3-2-4-8-17/h2-15H,1H3,(H,24,27)/t15-,23-/m0/s1. The van der Waals surface area contributed by atoms with Gasteiger partial charge in [0.15, 0.2) is 0 Å². The molecule has 3 aromatic carbocycles. The number of carbonyl (C=O) groups is 2. The van der Waals surface area contributed by atoms with Crippen molar-refractivity contribution in [2.45, 2.75) is 17.0 Å². The van der Waals surface area contributed by atoms with Gasteiger partial charge < -0.3 is 10.1 Å². The average Bonchev–Trinajstić information content (AvgIpc) is 3.17. The summed E-state index contributed by atoms with van der Waals surface area (Å²) >= 11 is 1.38. The van der Waals surface area contributed by atoms with Crippen LogP contribution in [0.5, 0.6) is 11.5 Å². The zero-order chi connectivity index (χ0) is 20.0. The van der Waals surface area contributed by atoms with Crippen molar-refractivity contribution in [2.24, 2.45) is 0 Å². The van der Waals surface area contributed by atoms with Crippen molar-refractivity contribution in [1.82, 2.24) is 0 Å². The first-order chi connectivity index (χ1) is 14.1. The molecule has 0 aromatic heterocycles. The lowest BCUT2D eigenvalue weighted by Crippen LogP contribution is -2.47. The van der Waals surface area contributed by atoms with Gasteiger partial charge in [0.05, 0.1) is 5.25 Å². The second-order valence-corrected chi connectivity index (χ2v) is 8.52. The Morgan fingerprint density at radius 3 is 2.31 bits per heavy atom. The molecular formula is C23H18N2O3S. The Kier molecular flexibility index (Phi) is 4.10. The molecule has 0 unspecified atom stereocenters. The summed E-state index contributed by atoms with van der Waals surface area (Å²) in [4.78, 5) is 26.7. The molecule has 1 N–H and O–H groups in total. The van der Waals surface area contributed by atoms with Crippen LogP contribution in [-0.4, -0.2) is 17.1 Å². The molecule has 1 spiro atoms. The van der Waals surface area contributed by atoms with Crippen LogP contribution in [0.2, 0.25) is 0 Å². The molecule has 5 rings (SSSR count). The molecule has 3 aromatic rings. The van der Waals surface area contributed by atoms with Crippen molar-refractivity contribution in [2.75, 3.05) is 10.2 Å². The van der Waals surface area contributed by atoms with Gasteiger partial charge in [-0.25, -0.2) is 0 Å². The van der Waals surface area contributed by atoms with E-state index in [0.717, 1.165) is 17.0 Å². The third kappa shape index (κ3) is 2.71. The molecule has 1 fully saturated rings. The molecule has 0 radical (unpaired) electrons. The lowest BCUT2D eigenvalue weighted by Gasteiger charge is -2.32. The van der Waals surface area contributed by atoms with E-state index >= 15 is 0 Å². The molecule has 144 valence electrons. The molecule has 2 amide bonds. The minimum Gasteiger partial charge on any atom is -0.457 e. The maximum absolute atomic E-state index is 13.1. The molecule has 1 saturated heterocycles. The average molecular weight is 402 g/mol. The van der Waals surface area contributed by atoms with E-state index in [9.17, 15) is 9.59 Å². The summed E-state index contributed by atoms with van der Waals surface area (Å²) in [5.74, 6) is 1.13. The summed E-state index contributed by atoms with van der Waals surface area (Å²) in [7, 11) is 0. The van der Waals surface area contributed by atoms with Crippen LogP contribution in [0.1, 0.15) is 12.5 Å².